The fourth-order valence-corrected chi connectivity index (χ4v) is 3.80. The van der Waals surface area contributed by atoms with Crippen LogP contribution in [0.2, 0.25) is 0 Å². The van der Waals surface area contributed by atoms with Crippen LogP contribution in [0.5, 0.6) is 0 Å². The molecule has 2 aromatic rings. The Morgan fingerprint density at radius 1 is 1.17 bits per heavy atom. The van der Waals surface area contributed by atoms with Gasteiger partial charge in [0.1, 0.15) is 5.82 Å². The van der Waals surface area contributed by atoms with Crippen molar-refractivity contribution in [2.45, 2.75) is 38.5 Å². The van der Waals surface area contributed by atoms with Crippen LogP contribution in [0, 0.1) is 0 Å². The molecule has 1 aromatic carbocycles. The van der Waals surface area contributed by atoms with E-state index in [0.717, 1.165) is 60.6 Å². The van der Waals surface area contributed by atoms with Gasteiger partial charge in [0.15, 0.2) is 10.9 Å². The minimum absolute atomic E-state index is 0.547. The fourth-order valence-electron chi connectivity index (χ4n) is 3.07. The number of morpholine rings is 1. The van der Waals surface area contributed by atoms with Crippen LogP contribution in [0.3, 0.4) is 0 Å². The zero-order valence-corrected chi connectivity index (χ0v) is 19.6. The molecule has 1 saturated carbocycles. The van der Waals surface area contributed by atoms with E-state index in [-0.39, 0.29) is 0 Å². The first kappa shape index (κ1) is 22.8. The lowest BCUT2D eigenvalue weighted by atomic mass is 10.2. The van der Waals surface area contributed by atoms with Gasteiger partial charge < -0.3 is 20.3 Å². The number of thioether (sulfide) groups is 1. The average molecular weight is 446 g/mol. The lowest BCUT2D eigenvalue weighted by Crippen LogP contribution is -2.37. The van der Waals surface area contributed by atoms with Gasteiger partial charge in [-0.3, -0.25) is 0 Å². The number of ether oxygens (including phenoxy) is 1. The normalized spacial score (nSPS) is 15.8. The molecule has 6 nitrogen and oxygen atoms in total. The Hall–Kier alpha value is -1.90. The average Bonchev–Trinajstić information content (AvgIpc) is 3.60. The molecule has 0 atom stereocenters. The second-order valence-electron chi connectivity index (χ2n) is 7.02. The summed E-state index contributed by atoms with van der Waals surface area (Å²) in [5.41, 5.74) is 3.02. The maximum atomic E-state index is 5.47. The van der Waals surface area contributed by atoms with Gasteiger partial charge in [0, 0.05) is 42.2 Å². The summed E-state index contributed by atoms with van der Waals surface area (Å²) in [6.07, 6.45) is 4.50. The number of thiocarbonyl (C=S) groups is 1. The Morgan fingerprint density at radius 2 is 1.87 bits per heavy atom. The summed E-state index contributed by atoms with van der Waals surface area (Å²) in [7, 11) is 0. The van der Waals surface area contributed by atoms with E-state index in [1.165, 1.54) is 12.8 Å². The number of aromatic nitrogens is 2. The summed E-state index contributed by atoms with van der Waals surface area (Å²) in [6.45, 7) is 7.21. The highest BCUT2D eigenvalue weighted by Crippen LogP contribution is 2.24. The van der Waals surface area contributed by atoms with Gasteiger partial charge in [-0.25, -0.2) is 9.97 Å². The van der Waals surface area contributed by atoms with Crippen molar-refractivity contribution in [3.63, 3.8) is 0 Å². The van der Waals surface area contributed by atoms with Gasteiger partial charge in [0.2, 0.25) is 0 Å². The van der Waals surface area contributed by atoms with Gasteiger partial charge >= 0.3 is 0 Å². The molecule has 2 heterocycles. The molecular formula is C22H31N5OS2. The van der Waals surface area contributed by atoms with Crippen molar-refractivity contribution in [2.24, 2.45) is 0 Å². The van der Waals surface area contributed by atoms with Crippen molar-refractivity contribution in [2.75, 3.05) is 42.8 Å². The first-order valence-electron chi connectivity index (χ1n) is 10.6. The van der Waals surface area contributed by atoms with Gasteiger partial charge in [0.25, 0.3) is 0 Å². The number of hydrogen-bond donors (Lipinski definition) is 2. The van der Waals surface area contributed by atoms with E-state index in [2.05, 4.69) is 27.9 Å². The zero-order valence-electron chi connectivity index (χ0n) is 18.0. The summed E-state index contributed by atoms with van der Waals surface area (Å²) in [5.74, 6) is 2.61. The molecule has 2 fully saturated rings. The third kappa shape index (κ3) is 6.55. The van der Waals surface area contributed by atoms with Crippen molar-refractivity contribution >= 4 is 40.6 Å². The molecule has 162 valence electrons. The molecule has 30 heavy (non-hydrogen) atoms. The minimum atomic E-state index is 0.547. The Bertz CT molecular complexity index is 821. The summed E-state index contributed by atoms with van der Waals surface area (Å²) in [5, 5.41) is 7.22. The van der Waals surface area contributed by atoms with E-state index in [0.29, 0.717) is 11.2 Å². The van der Waals surface area contributed by atoms with Crippen LogP contribution < -0.4 is 15.5 Å². The van der Waals surface area contributed by atoms with E-state index in [1.54, 1.807) is 11.8 Å². The molecular weight excluding hydrogens is 414 g/mol. The fraction of sp³-hybridized carbons (Fsp3) is 0.500. The van der Waals surface area contributed by atoms with Crippen LogP contribution in [-0.4, -0.2) is 53.7 Å². The first-order chi connectivity index (χ1) is 14.7. The predicted molar refractivity (Wildman–Crippen MR) is 131 cm³/mol. The van der Waals surface area contributed by atoms with E-state index in [9.17, 15) is 0 Å². The predicted octanol–water partition coefficient (Wildman–Crippen LogP) is 4.32. The summed E-state index contributed by atoms with van der Waals surface area (Å²) < 4.78 is 5.47. The number of benzene rings is 1. The van der Waals surface area contributed by atoms with Crippen molar-refractivity contribution in [3.8, 4) is 11.4 Å². The van der Waals surface area contributed by atoms with Crippen molar-refractivity contribution in [3.05, 3.63) is 36.0 Å². The molecule has 4 rings (SSSR count). The largest absolute Gasteiger partial charge is 0.378 e. The highest BCUT2D eigenvalue weighted by atomic mass is 32.2. The molecule has 1 aromatic heterocycles. The van der Waals surface area contributed by atoms with E-state index < -0.39 is 0 Å². The Balaban J connectivity index is 0.00000124. The Labute approximate surface area is 189 Å². The number of hydrogen-bond acceptors (Lipinski definition) is 6. The third-order valence-electron chi connectivity index (χ3n) is 4.71. The second kappa shape index (κ2) is 11.5. The molecule has 1 aliphatic heterocycles. The number of nitrogens with one attached hydrogen (secondary N) is 2. The quantitative estimate of drug-likeness (QED) is 0.638. The Kier molecular flexibility index (Phi) is 8.72. The maximum absolute atomic E-state index is 5.47. The molecule has 0 radical (unpaired) electrons. The monoisotopic (exact) mass is 445 g/mol. The highest BCUT2D eigenvalue weighted by Gasteiger charge is 2.21. The van der Waals surface area contributed by atoms with Crippen LogP contribution in [-0.2, 0) is 10.5 Å². The van der Waals surface area contributed by atoms with Crippen LogP contribution in [0.25, 0.3) is 11.4 Å². The lowest BCUT2D eigenvalue weighted by Gasteiger charge is -2.28. The van der Waals surface area contributed by atoms with Crippen LogP contribution in [0.1, 0.15) is 32.4 Å². The molecule has 0 unspecified atom stereocenters. The maximum Gasteiger partial charge on any atom is 0.170 e. The molecule has 1 saturated heterocycles. The Morgan fingerprint density at radius 3 is 2.50 bits per heavy atom. The van der Waals surface area contributed by atoms with Gasteiger partial charge in [-0.1, -0.05) is 13.8 Å². The van der Waals surface area contributed by atoms with Crippen molar-refractivity contribution in [1.82, 2.24) is 15.3 Å². The molecule has 2 aliphatic rings. The molecule has 8 heteroatoms. The molecule has 2 N–H and O–H groups in total. The van der Waals surface area contributed by atoms with E-state index in [1.807, 2.05) is 38.1 Å². The summed E-state index contributed by atoms with van der Waals surface area (Å²) >= 11 is 7.12. The summed E-state index contributed by atoms with van der Waals surface area (Å²) in [4.78, 5) is 11.9. The van der Waals surface area contributed by atoms with Gasteiger partial charge in [-0.2, -0.15) is 11.8 Å². The van der Waals surface area contributed by atoms with Crippen LogP contribution in [0.4, 0.5) is 11.5 Å². The lowest BCUT2D eigenvalue weighted by molar-refractivity contribution is 0.122. The summed E-state index contributed by atoms with van der Waals surface area (Å²) in [6, 6.07) is 10.8. The van der Waals surface area contributed by atoms with Crippen molar-refractivity contribution in [1.29, 1.82) is 0 Å². The number of anilines is 2. The van der Waals surface area contributed by atoms with E-state index >= 15 is 0 Å². The van der Waals surface area contributed by atoms with E-state index in [4.69, 9.17) is 26.9 Å². The first-order valence-corrected chi connectivity index (χ1v) is 12.4. The van der Waals surface area contributed by atoms with Gasteiger partial charge in [-0.05, 0) is 55.6 Å². The SMILES string of the molecule is CC.CSCc1cc(N2CCOCC2)nc(-c2ccc(NC(=S)NC3CC3)cc2)n1. The molecule has 1 aliphatic carbocycles. The molecule has 0 bridgehead atoms. The second-order valence-corrected chi connectivity index (χ2v) is 8.30. The highest BCUT2D eigenvalue weighted by molar-refractivity contribution is 7.97. The minimum Gasteiger partial charge on any atom is -0.378 e. The van der Waals surface area contributed by atoms with Crippen LogP contribution in [0.15, 0.2) is 30.3 Å². The zero-order chi connectivity index (χ0) is 21.3. The number of rotatable bonds is 6. The van der Waals surface area contributed by atoms with Crippen LogP contribution >= 0.6 is 24.0 Å². The smallest absolute Gasteiger partial charge is 0.170 e. The van der Waals surface area contributed by atoms with Gasteiger partial charge in [-0.15, -0.1) is 0 Å². The molecule has 0 amide bonds. The topological polar surface area (TPSA) is 62.3 Å². The molecule has 0 spiro atoms. The van der Waals surface area contributed by atoms with Crippen molar-refractivity contribution < 1.29 is 4.74 Å². The number of nitrogens with zero attached hydrogens (tertiary/aromatic N) is 3. The standard InChI is InChI=1S/C20H25N5OS2.C2H6/c1-28-13-17-12-18(25-8-10-26-11-9-25)24-19(21-17)14-2-4-15(5-3-14)22-20(27)23-16-6-7-16;1-2/h2-5,12,16H,6-11,13H2,1H3,(H2,22,23,27);1-2H3. The third-order valence-corrected chi connectivity index (χ3v) is 5.51. The van der Waals surface area contributed by atoms with Gasteiger partial charge in [0.05, 0.1) is 18.9 Å².